The van der Waals surface area contributed by atoms with E-state index in [1.807, 2.05) is 54.7 Å². The van der Waals surface area contributed by atoms with E-state index in [0.717, 1.165) is 48.9 Å². The van der Waals surface area contributed by atoms with Gasteiger partial charge in [-0.05, 0) is 17.7 Å². The Hall–Kier alpha value is -3.03. The SMILES string of the molecule is OC(CNc1cc(-c2ccc(N3CCOCC3)nc2)ncn1)c1ccccc1. The van der Waals surface area contributed by atoms with E-state index in [2.05, 4.69) is 25.2 Å². The number of aliphatic hydroxyl groups is 1. The van der Waals surface area contributed by atoms with Crippen molar-refractivity contribution in [2.75, 3.05) is 43.1 Å². The minimum Gasteiger partial charge on any atom is -0.387 e. The maximum atomic E-state index is 10.3. The molecule has 1 fully saturated rings. The molecule has 0 amide bonds. The van der Waals surface area contributed by atoms with Crippen molar-refractivity contribution in [3.63, 3.8) is 0 Å². The highest BCUT2D eigenvalue weighted by atomic mass is 16.5. The third kappa shape index (κ3) is 4.44. The molecule has 7 heteroatoms. The van der Waals surface area contributed by atoms with Crippen LogP contribution in [0, 0.1) is 0 Å². The number of anilines is 2. The summed E-state index contributed by atoms with van der Waals surface area (Å²) in [7, 11) is 0. The monoisotopic (exact) mass is 377 g/mol. The molecule has 1 saturated heterocycles. The van der Waals surface area contributed by atoms with Crippen LogP contribution in [0.2, 0.25) is 0 Å². The molecule has 1 aromatic carbocycles. The zero-order valence-electron chi connectivity index (χ0n) is 15.5. The Kier molecular flexibility index (Phi) is 5.75. The van der Waals surface area contributed by atoms with Crippen molar-refractivity contribution in [1.29, 1.82) is 0 Å². The molecule has 1 unspecified atom stereocenters. The number of rotatable bonds is 6. The molecule has 144 valence electrons. The summed E-state index contributed by atoms with van der Waals surface area (Å²) in [5, 5.41) is 13.5. The van der Waals surface area contributed by atoms with E-state index in [-0.39, 0.29) is 0 Å². The average molecular weight is 377 g/mol. The van der Waals surface area contributed by atoms with E-state index in [9.17, 15) is 5.11 Å². The van der Waals surface area contributed by atoms with Crippen molar-refractivity contribution in [2.45, 2.75) is 6.10 Å². The number of aromatic nitrogens is 3. The normalized spacial score (nSPS) is 15.2. The summed E-state index contributed by atoms with van der Waals surface area (Å²) in [5.41, 5.74) is 2.57. The predicted octanol–water partition coefficient (Wildman–Crippen LogP) is 2.52. The second-order valence-electron chi connectivity index (χ2n) is 6.60. The van der Waals surface area contributed by atoms with Crippen LogP contribution in [0.3, 0.4) is 0 Å². The first-order valence-corrected chi connectivity index (χ1v) is 9.37. The van der Waals surface area contributed by atoms with Crippen LogP contribution in [0.4, 0.5) is 11.6 Å². The van der Waals surface area contributed by atoms with Gasteiger partial charge in [-0.1, -0.05) is 30.3 Å². The van der Waals surface area contributed by atoms with Gasteiger partial charge in [0, 0.05) is 37.5 Å². The van der Waals surface area contributed by atoms with Crippen LogP contribution < -0.4 is 10.2 Å². The Bertz CT molecular complexity index is 883. The molecule has 1 aliphatic heterocycles. The Morgan fingerprint density at radius 1 is 1.04 bits per heavy atom. The zero-order chi connectivity index (χ0) is 19.2. The number of pyridine rings is 1. The second-order valence-corrected chi connectivity index (χ2v) is 6.60. The van der Waals surface area contributed by atoms with Gasteiger partial charge in [0.25, 0.3) is 0 Å². The molecule has 0 spiro atoms. The summed E-state index contributed by atoms with van der Waals surface area (Å²) in [6.07, 6.45) is 2.74. The number of nitrogens with zero attached hydrogens (tertiary/aromatic N) is 4. The molecule has 28 heavy (non-hydrogen) atoms. The first kappa shape index (κ1) is 18.3. The number of morpholine rings is 1. The minimum atomic E-state index is -0.603. The third-order valence-corrected chi connectivity index (χ3v) is 4.71. The average Bonchev–Trinajstić information content (AvgIpc) is 2.79. The largest absolute Gasteiger partial charge is 0.387 e. The highest BCUT2D eigenvalue weighted by Crippen LogP contribution is 2.21. The van der Waals surface area contributed by atoms with E-state index in [0.29, 0.717) is 12.4 Å². The maximum absolute atomic E-state index is 10.3. The van der Waals surface area contributed by atoms with E-state index in [4.69, 9.17) is 4.74 Å². The van der Waals surface area contributed by atoms with Crippen molar-refractivity contribution in [1.82, 2.24) is 15.0 Å². The van der Waals surface area contributed by atoms with Gasteiger partial charge in [-0.15, -0.1) is 0 Å². The molecular weight excluding hydrogens is 354 g/mol. The number of hydrogen-bond acceptors (Lipinski definition) is 7. The fraction of sp³-hybridized carbons (Fsp3) is 0.286. The van der Waals surface area contributed by atoms with Gasteiger partial charge in [0.2, 0.25) is 0 Å². The van der Waals surface area contributed by atoms with E-state index < -0.39 is 6.10 Å². The molecule has 2 N–H and O–H groups in total. The lowest BCUT2D eigenvalue weighted by Crippen LogP contribution is -2.36. The van der Waals surface area contributed by atoms with Crippen LogP contribution in [0.25, 0.3) is 11.3 Å². The van der Waals surface area contributed by atoms with Crippen molar-refractivity contribution in [3.8, 4) is 11.3 Å². The quantitative estimate of drug-likeness (QED) is 0.683. The number of aliphatic hydroxyl groups excluding tert-OH is 1. The molecule has 0 bridgehead atoms. The standard InChI is InChI=1S/C21H23N5O2/c27-19(16-4-2-1-3-5-16)14-22-20-12-18(24-15-25-20)17-6-7-21(23-13-17)26-8-10-28-11-9-26/h1-7,12-13,15,19,27H,8-11,14H2,(H,22,24,25). The van der Waals surface area contributed by atoms with Gasteiger partial charge in [-0.2, -0.15) is 0 Å². The lowest BCUT2D eigenvalue weighted by atomic mass is 10.1. The summed E-state index contributed by atoms with van der Waals surface area (Å²) in [4.78, 5) is 15.4. The maximum Gasteiger partial charge on any atom is 0.130 e. The molecule has 7 nitrogen and oxygen atoms in total. The van der Waals surface area contributed by atoms with Gasteiger partial charge in [0.15, 0.2) is 0 Å². The highest BCUT2D eigenvalue weighted by molar-refractivity contribution is 5.62. The number of hydrogen-bond donors (Lipinski definition) is 2. The molecule has 1 atom stereocenters. The van der Waals surface area contributed by atoms with Crippen molar-refractivity contribution in [2.24, 2.45) is 0 Å². The van der Waals surface area contributed by atoms with Crippen LogP contribution in [0.15, 0.2) is 61.1 Å². The number of nitrogens with one attached hydrogen (secondary N) is 1. The van der Waals surface area contributed by atoms with Gasteiger partial charge in [-0.3, -0.25) is 0 Å². The van der Waals surface area contributed by atoms with Crippen LogP contribution in [-0.2, 0) is 4.74 Å². The molecule has 3 heterocycles. The van der Waals surface area contributed by atoms with E-state index in [1.165, 1.54) is 6.33 Å². The molecule has 2 aromatic heterocycles. The summed E-state index contributed by atoms with van der Waals surface area (Å²) >= 11 is 0. The van der Waals surface area contributed by atoms with Gasteiger partial charge >= 0.3 is 0 Å². The third-order valence-electron chi connectivity index (χ3n) is 4.71. The Morgan fingerprint density at radius 3 is 2.61 bits per heavy atom. The van der Waals surface area contributed by atoms with Crippen LogP contribution in [0.5, 0.6) is 0 Å². The van der Waals surface area contributed by atoms with E-state index in [1.54, 1.807) is 0 Å². The fourth-order valence-electron chi connectivity index (χ4n) is 3.12. The summed E-state index contributed by atoms with van der Waals surface area (Å²) in [6.45, 7) is 3.56. The molecule has 4 rings (SSSR count). The summed E-state index contributed by atoms with van der Waals surface area (Å²) in [5.74, 6) is 1.61. The van der Waals surface area contributed by atoms with Gasteiger partial charge in [0.05, 0.1) is 25.0 Å². The lowest BCUT2D eigenvalue weighted by Gasteiger charge is -2.27. The smallest absolute Gasteiger partial charge is 0.130 e. The van der Waals surface area contributed by atoms with Gasteiger partial charge in [0.1, 0.15) is 18.0 Å². The number of ether oxygens (including phenoxy) is 1. The van der Waals surface area contributed by atoms with Crippen LogP contribution in [-0.4, -0.2) is 52.9 Å². The lowest BCUT2D eigenvalue weighted by molar-refractivity contribution is 0.122. The van der Waals surface area contributed by atoms with Crippen molar-refractivity contribution < 1.29 is 9.84 Å². The Labute approximate surface area is 164 Å². The molecular formula is C21H23N5O2. The molecule has 0 aliphatic carbocycles. The fourth-order valence-corrected chi connectivity index (χ4v) is 3.12. The van der Waals surface area contributed by atoms with E-state index >= 15 is 0 Å². The first-order chi connectivity index (χ1) is 13.8. The summed E-state index contributed by atoms with van der Waals surface area (Å²) in [6, 6.07) is 15.4. The van der Waals surface area contributed by atoms with Crippen LogP contribution in [0.1, 0.15) is 11.7 Å². The molecule has 0 radical (unpaired) electrons. The van der Waals surface area contributed by atoms with Crippen LogP contribution >= 0.6 is 0 Å². The second kappa shape index (κ2) is 8.77. The topological polar surface area (TPSA) is 83.4 Å². The molecule has 3 aromatic rings. The van der Waals surface area contributed by atoms with Crippen molar-refractivity contribution in [3.05, 3.63) is 66.6 Å². The molecule has 1 aliphatic rings. The predicted molar refractivity (Wildman–Crippen MR) is 108 cm³/mol. The Balaban J connectivity index is 1.41. The van der Waals surface area contributed by atoms with Crippen molar-refractivity contribution >= 4 is 11.6 Å². The first-order valence-electron chi connectivity index (χ1n) is 9.37. The zero-order valence-corrected chi connectivity index (χ0v) is 15.5. The molecule has 0 saturated carbocycles. The highest BCUT2D eigenvalue weighted by Gasteiger charge is 2.13. The Morgan fingerprint density at radius 2 is 1.86 bits per heavy atom. The van der Waals surface area contributed by atoms with Gasteiger partial charge in [-0.25, -0.2) is 15.0 Å². The summed E-state index contributed by atoms with van der Waals surface area (Å²) < 4.78 is 5.38. The minimum absolute atomic E-state index is 0.370. The van der Waals surface area contributed by atoms with Gasteiger partial charge < -0.3 is 20.1 Å². The number of benzene rings is 1.